The van der Waals surface area contributed by atoms with Gasteiger partial charge in [-0.05, 0) is 24.3 Å². The predicted molar refractivity (Wildman–Crippen MR) is 74.3 cm³/mol. The van der Waals surface area contributed by atoms with Gasteiger partial charge in [-0.3, -0.25) is 4.79 Å². The minimum absolute atomic E-state index is 0.0447. The van der Waals surface area contributed by atoms with Crippen LogP contribution in [0, 0.1) is 0 Å². The molecule has 4 nitrogen and oxygen atoms in total. The van der Waals surface area contributed by atoms with E-state index in [1.165, 1.54) is 18.4 Å². The number of methoxy groups -OCH3 is 1. The van der Waals surface area contributed by atoms with Crippen molar-refractivity contribution in [3.63, 3.8) is 0 Å². The number of benzene rings is 1. The molecule has 2 rings (SSSR count). The van der Waals surface area contributed by atoms with Gasteiger partial charge in [-0.15, -0.1) is 11.3 Å². The number of phenolic OH excluding ortho intramolecular Hbond substituents is 1. The third-order valence-electron chi connectivity index (χ3n) is 2.81. The van der Waals surface area contributed by atoms with Gasteiger partial charge >= 0.3 is 5.97 Å². The number of phenols is 1. The Bertz CT molecular complexity index is 562. The first kappa shape index (κ1) is 13.5. The zero-order valence-corrected chi connectivity index (χ0v) is 11.6. The predicted octanol–water partition coefficient (Wildman–Crippen LogP) is 3.18. The van der Waals surface area contributed by atoms with Crippen molar-refractivity contribution in [3.8, 4) is 17.0 Å². The Morgan fingerprint density at radius 2 is 2.11 bits per heavy atom. The highest BCUT2D eigenvalue weighted by atomic mass is 32.1. The zero-order chi connectivity index (χ0) is 13.8. The Labute approximate surface area is 115 Å². The third kappa shape index (κ3) is 3.32. The molecule has 0 spiro atoms. The van der Waals surface area contributed by atoms with Crippen LogP contribution in [-0.4, -0.2) is 23.2 Å². The molecule has 0 unspecified atom stereocenters. The highest BCUT2D eigenvalue weighted by molar-refractivity contribution is 7.10. The van der Waals surface area contributed by atoms with Crippen LogP contribution >= 0.6 is 11.3 Å². The summed E-state index contributed by atoms with van der Waals surface area (Å²) in [6, 6.07) is 6.90. The Hall–Kier alpha value is -1.88. The summed E-state index contributed by atoms with van der Waals surface area (Å²) in [6.07, 6.45) is 0.332. The number of rotatable bonds is 4. The molecule has 1 atom stereocenters. The van der Waals surface area contributed by atoms with Gasteiger partial charge in [0.25, 0.3) is 0 Å². The van der Waals surface area contributed by atoms with Gasteiger partial charge in [0.05, 0.1) is 24.2 Å². The number of carbonyl (C=O) groups excluding carboxylic acids is 1. The van der Waals surface area contributed by atoms with Gasteiger partial charge in [-0.25, -0.2) is 4.98 Å². The summed E-state index contributed by atoms with van der Waals surface area (Å²) in [5.41, 5.74) is 1.81. The van der Waals surface area contributed by atoms with Crippen molar-refractivity contribution in [1.29, 1.82) is 0 Å². The van der Waals surface area contributed by atoms with E-state index in [-0.39, 0.29) is 17.6 Å². The van der Waals surface area contributed by atoms with Gasteiger partial charge in [0.1, 0.15) is 5.75 Å². The molecule has 0 aliphatic heterocycles. The zero-order valence-electron chi connectivity index (χ0n) is 10.8. The van der Waals surface area contributed by atoms with E-state index in [0.717, 1.165) is 16.3 Å². The average molecular weight is 277 g/mol. The molecule has 0 aliphatic carbocycles. The van der Waals surface area contributed by atoms with Crippen molar-refractivity contribution in [2.24, 2.45) is 0 Å². The lowest BCUT2D eigenvalue weighted by atomic mass is 10.1. The van der Waals surface area contributed by atoms with Gasteiger partial charge < -0.3 is 9.84 Å². The van der Waals surface area contributed by atoms with Crippen LogP contribution in [0.5, 0.6) is 5.75 Å². The fourth-order valence-corrected chi connectivity index (χ4v) is 2.59. The van der Waals surface area contributed by atoms with Crippen LogP contribution in [-0.2, 0) is 9.53 Å². The van der Waals surface area contributed by atoms with E-state index < -0.39 is 0 Å². The second kappa shape index (κ2) is 5.84. The lowest BCUT2D eigenvalue weighted by molar-refractivity contribution is -0.140. The normalized spacial score (nSPS) is 12.1. The topological polar surface area (TPSA) is 59.4 Å². The van der Waals surface area contributed by atoms with Gasteiger partial charge in [-0.2, -0.15) is 0 Å². The number of hydrogen-bond donors (Lipinski definition) is 1. The number of esters is 1. The average Bonchev–Trinajstić information content (AvgIpc) is 2.89. The molecule has 0 fully saturated rings. The molecular weight excluding hydrogens is 262 g/mol. The lowest BCUT2D eigenvalue weighted by Gasteiger charge is -2.05. The van der Waals surface area contributed by atoms with Crippen molar-refractivity contribution >= 4 is 17.3 Å². The number of aromatic nitrogens is 1. The number of thiazole rings is 1. The van der Waals surface area contributed by atoms with E-state index in [0.29, 0.717) is 6.42 Å². The Morgan fingerprint density at radius 1 is 1.42 bits per heavy atom. The highest BCUT2D eigenvalue weighted by Gasteiger charge is 2.15. The second-order valence-electron chi connectivity index (χ2n) is 4.30. The quantitative estimate of drug-likeness (QED) is 0.872. The Kier molecular flexibility index (Phi) is 4.16. The Morgan fingerprint density at radius 3 is 2.74 bits per heavy atom. The van der Waals surface area contributed by atoms with E-state index in [4.69, 9.17) is 0 Å². The van der Waals surface area contributed by atoms with E-state index in [2.05, 4.69) is 9.72 Å². The van der Waals surface area contributed by atoms with E-state index >= 15 is 0 Å². The van der Waals surface area contributed by atoms with Crippen molar-refractivity contribution in [3.05, 3.63) is 34.7 Å². The lowest BCUT2D eigenvalue weighted by Crippen LogP contribution is -2.05. The summed E-state index contributed by atoms with van der Waals surface area (Å²) in [5, 5.41) is 12.1. The molecule has 100 valence electrons. The monoisotopic (exact) mass is 277 g/mol. The Balaban J connectivity index is 2.14. The molecular formula is C14H15NO3S. The SMILES string of the molecule is COC(=O)C[C@H](C)c1nc(-c2ccc(O)cc2)cs1. The summed E-state index contributed by atoms with van der Waals surface area (Å²) in [6.45, 7) is 1.95. The largest absolute Gasteiger partial charge is 0.508 e. The minimum atomic E-state index is -0.228. The number of carbonyl (C=O) groups is 1. The van der Waals surface area contributed by atoms with Crippen molar-refractivity contribution < 1.29 is 14.6 Å². The van der Waals surface area contributed by atoms with Crippen molar-refractivity contribution in [2.45, 2.75) is 19.3 Å². The summed E-state index contributed by atoms with van der Waals surface area (Å²) in [5.74, 6) is 0.0514. The van der Waals surface area contributed by atoms with Crippen molar-refractivity contribution in [1.82, 2.24) is 4.98 Å². The molecule has 1 N–H and O–H groups in total. The molecule has 0 bridgehead atoms. The van der Waals surface area contributed by atoms with Gasteiger partial charge in [0.15, 0.2) is 0 Å². The number of nitrogens with zero attached hydrogens (tertiary/aromatic N) is 1. The van der Waals surface area contributed by atoms with Gasteiger partial charge in [-0.1, -0.05) is 6.92 Å². The summed E-state index contributed by atoms with van der Waals surface area (Å²) in [4.78, 5) is 15.8. The fourth-order valence-electron chi connectivity index (χ4n) is 1.70. The van der Waals surface area contributed by atoms with E-state index in [1.807, 2.05) is 24.4 Å². The van der Waals surface area contributed by atoms with Crippen LogP contribution in [0.3, 0.4) is 0 Å². The third-order valence-corrected chi connectivity index (χ3v) is 3.88. The van der Waals surface area contributed by atoms with E-state index in [1.54, 1.807) is 12.1 Å². The van der Waals surface area contributed by atoms with Crippen molar-refractivity contribution in [2.75, 3.05) is 7.11 Å². The minimum Gasteiger partial charge on any atom is -0.508 e. The molecule has 0 aliphatic rings. The number of hydrogen-bond acceptors (Lipinski definition) is 5. The van der Waals surface area contributed by atoms with Crippen LogP contribution in [0.1, 0.15) is 24.3 Å². The summed E-state index contributed by atoms with van der Waals surface area (Å²) in [7, 11) is 1.39. The van der Waals surface area contributed by atoms with Gasteiger partial charge in [0.2, 0.25) is 0 Å². The summed E-state index contributed by atoms with van der Waals surface area (Å²) < 4.78 is 4.66. The van der Waals surface area contributed by atoms with Crippen LogP contribution in [0.2, 0.25) is 0 Å². The number of ether oxygens (including phenoxy) is 1. The van der Waals surface area contributed by atoms with Crippen LogP contribution in [0.25, 0.3) is 11.3 Å². The molecule has 2 aromatic rings. The maximum absolute atomic E-state index is 11.2. The molecule has 0 amide bonds. The molecule has 5 heteroatoms. The first-order valence-electron chi connectivity index (χ1n) is 5.92. The molecule has 19 heavy (non-hydrogen) atoms. The van der Waals surface area contributed by atoms with Crippen LogP contribution < -0.4 is 0 Å². The van der Waals surface area contributed by atoms with Gasteiger partial charge in [0, 0.05) is 16.9 Å². The molecule has 0 saturated carbocycles. The fraction of sp³-hybridized carbons (Fsp3) is 0.286. The van der Waals surface area contributed by atoms with Crippen LogP contribution in [0.15, 0.2) is 29.6 Å². The molecule has 0 saturated heterocycles. The second-order valence-corrected chi connectivity index (χ2v) is 5.19. The number of aromatic hydroxyl groups is 1. The smallest absolute Gasteiger partial charge is 0.306 e. The van der Waals surface area contributed by atoms with Crippen LogP contribution in [0.4, 0.5) is 0 Å². The molecule has 1 aromatic heterocycles. The molecule has 1 aromatic carbocycles. The van der Waals surface area contributed by atoms with E-state index in [9.17, 15) is 9.90 Å². The molecule has 1 heterocycles. The highest BCUT2D eigenvalue weighted by Crippen LogP contribution is 2.28. The first-order valence-corrected chi connectivity index (χ1v) is 6.79. The summed E-state index contributed by atoms with van der Waals surface area (Å²) >= 11 is 1.53. The maximum Gasteiger partial charge on any atom is 0.306 e. The first-order chi connectivity index (χ1) is 9.10. The maximum atomic E-state index is 11.2. The molecule has 0 radical (unpaired) electrons. The standard InChI is InChI=1S/C14H15NO3S/c1-9(7-13(17)18-2)14-15-12(8-19-14)10-3-5-11(16)6-4-10/h3-6,8-9,16H,7H2,1-2H3/t9-/m0/s1.